The molecule has 3 nitrogen and oxygen atoms in total. The van der Waals surface area contributed by atoms with Crippen LogP contribution in [0.25, 0.3) is 0 Å². The van der Waals surface area contributed by atoms with Crippen molar-refractivity contribution in [2.45, 2.75) is 50.1 Å². The number of carbonyl (C=O) groups excluding carboxylic acids is 1. The zero-order chi connectivity index (χ0) is 28.2. The summed E-state index contributed by atoms with van der Waals surface area (Å²) >= 11 is 5.94. The van der Waals surface area contributed by atoms with Crippen LogP contribution in [0.2, 0.25) is 5.02 Å². The van der Waals surface area contributed by atoms with Gasteiger partial charge in [-0.15, -0.1) is 0 Å². The fourth-order valence-corrected chi connectivity index (χ4v) is 5.03. The number of piperidine rings is 1. The highest BCUT2D eigenvalue weighted by Gasteiger charge is 2.39. The Labute approximate surface area is 227 Å². The second kappa shape index (κ2) is 12.0. The zero-order valence-electron chi connectivity index (χ0n) is 20.8. The number of likely N-dealkylation sites (tertiary alicyclic amines) is 1. The van der Waals surface area contributed by atoms with E-state index in [4.69, 9.17) is 11.6 Å². The molecule has 1 aliphatic rings. The number of amides is 1. The standard InChI is InChI=1S/C29H27ClF6N2O/c30-24-8-6-19(7-9-24)10-12-37-25-11-13-38(26(18-25)14-20-4-2-1-3-5-20)27(39)21-15-22(28(31,32)33)17-23(16-21)29(34,35)36/h1-9,15-17,25-26,37H,10-14,18H2/t25-,26-/m0/s1. The number of halogens is 7. The molecule has 2 atom stereocenters. The van der Waals surface area contributed by atoms with E-state index in [9.17, 15) is 31.1 Å². The molecule has 1 aliphatic heterocycles. The quantitative estimate of drug-likeness (QED) is 0.301. The SMILES string of the molecule is O=C(c1cc(C(F)(F)F)cc(C(F)(F)F)c1)N1CC[C@H](NCCc2ccc(Cl)cc2)C[C@@H]1Cc1ccccc1. The van der Waals surface area contributed by atoms with Gasteiger partial charge in [0.1, 0.15) is 0 Å². The molecular formula is C29H27ClF6N2O. The summed E-state index contributed by atoms with van der Waals surface area (Å²) in [5.74, 6) is -0.841. The third-order valence-corrected chi connectivity index (χ3v) is 7.14. The number of benzene rings is 3. The van der Waals surface area contributed by atoms with Gasteiger partial charge in [0.2, 0.25) is 0 Å². The number of nitrogens with one attached hydrogen (secondary N) is 1. The number of hydrogen-bond donors (Lipinski definition) is 1. The summed E-state index contributed by atoms with van der Waals surface area (Å²) in [7, 11) is 0. The Morgan fingerprint density at radius 2 is 1.49 bits per heavy atom. The Bertz CT molecular complexity index is 1230. The Balaban J connectivity index is 1.54. The molecule has 1 saturated heterocycles. The van der Waals surface area contributed by atoms with Gasteiger partial charge in [-0.3, -0.25) is 4.79 Å². The van der Waals surface area contributed by atoms with E-state index in [2.05, 4.69) is 5.32 Å². The van der Waals surface area contributed by atoms with E-state index in [1.807, 2.05) is 54.6 Å². The Kier molecular flexibility index (Phi) is 8.91. The summed E-state index contributed by atoms with van der Waals surface area (Å²) in [6, 6.07) is 17.5. The van der Waals surface area contributed by atoms with Crippen molar-refractivity contribution < 1.29 is 31.1 Å². The Hall–Kier alpha value is -3.04. The Morgan fingerprint density at radius 3 is 2.08 bits per heavy atom. The zero-order valence-corrected chi connectivity index (χ0v) is 21.6. The van der Waals surface area contributed by atoms with E-state index >= 15 is 0 Å². The van der Waals surface area contributed by atoms with E-state index in [1.165, 1.54) is 4.90 Å². The summed E-state index contributed by atoms with van der Waals surface area (Å²) < 4.78 is 80.5. The van der Waals surface area contributed by atoms with Crippen LogP contribution in [0.3, 0.4) is 0 Å². The molecule has 0 spiro atoms. The van der Waals surface area contributed by atoms with Gasteiger partial charge in [-0.05, 0) is 73.7 Å². The van der Waals surface area contributed by atoms with Crippen molar-refractivity contribution >= 4 is 17.5 Å². The van der Waals surface area contributed by atoms with Gasteiger partial charge >= 0.3 is 12.4 Å². The van der Waals surface area contributed by atoms with Crippen molar-refractivity contribution in [3.63, 3.8) is 0 Å². The number of hydrogen-bond acceptors (Lipinski definition) is 2. The van der Waals surface area contributed by atoms with E-state index in [0.717, 1.165) is 17.5 Å². The van der Waals surface area contributed by atoms with Gasteiger partial charge in [0.15, 0.2) is 0 Å². The molecule has 208 valence electrons. The van der Waals surface area contributed by atoms with Crippen LogP contribution < -0.4 is 5.32 Å². The van der Waals surface area contributed by atoms with Crippen molar-refractivity contribution in [2.24, 2.45) is 0 Å². The van der Waals surface area contributed by atoms with Crippen LogP contribution in [0, 0.1) is 0 Å². The summed E-state index contributed by atoms with van der Waals surface area (Å²) in [6.45, 7) is 0.868. The first kappa shape index (κ1) is 29.0. The lowest BCUT2D eigenvalue weighted by Gasteiger charge is -2.40. The van der Waals surface area contributed by atoms with Crippen LogP contribution in [0.1, 0.15) is 45.5 Å². The highest BCUT2D eigenvalue weighted by atomic mass is 35.5. The summed E-state index contributed by atoms with van der Waals surface area (Å²) in [5, 5.41) is 4.14. The third-order valence-electron chi connectivity index (χ3n) is 6.89. The average Bonchev–Trinajstić information content (AvgIpc) is 2.89. The summed E-state index contributed by atoms with van der Waals surface area (Å²) in [4.78, 5) is 14.9. The van der Waals surface area contributed by atoms with Gasteiger partial charge in [-0.25, -0.2) is 0 Å². The van der Waals surface area contributed by atoms with Gasteiger partial charge in [-0.1, -0.05) is 54.1 Å². The molecule has 1 heterocycles. The number of alkyl halides is 6. The lowest BCUT2D eigenvalue weighted by atomic mass is 9.91. The lowest BCUT2D eigenvalue weighted by Crippen LogP contribution is -2.52. The molecule has 10 heteroatoms. The van der Waals surface area contributed by atoms with Crippen LogP contribution in [0.5, 0.6) is 0 Å². The molecule has 1 N–H and O–H groups in total. The molecule has 3 aromatic carbocycles. The van der Waals surface area contributed by atoms with Crippen LogP contribution in [0.4, 0.5) is 26.3 Å². The molecule has 0 unspecified atom stereocenters. The predicted octanol–water partition coefficient (Wildman–Crippen LogP) is 7.43. The topological polar surface area (TPSA) is 32.3 Å². The second-order valence-electron chi connectivity index (χ2n) is 9.69. The maximum atomic E-state index is 13.5. The largest absolute Gasteiger partial charge is 0.416 e. The van der Waals surface area contributed by atoms with Gasteiger partial charge < -0.3 is 10.2 Å². The van der Waals surface area contributed by atoms with Crippen molar-refractivity contribution in [2.75, 3.05) is 13.1 Å². The van der Waals surface area contributed by atoms with Gasteiger partial charge in [0.05, 0.1) is 11.1 Å². The normalized spacial score (nSPS) is 18.3. The fraction of sp³-hybridized carbons (Fsp3) is 0.345. The first-order chi connectivity index (χ1) is 18.4. The molecule has 0 aliphatic carbocycles. The molecule has 0 bridgehead atoms. The van der Waals surface area contributed by atoms with Gasteiger partial charge in [-0.2, -0.15) is 26.3 Å². The van der Waals surface area contributed by atoms with E-state index in [0.29, 0.717) is 43.0 Å². The summed E-state index contributed by atoms with van der Waals surface area (Å²) in [6.07, 6.45) is -7.85. The van der Waals surface area contributed by atoms with Crippen molar-refractivity contribution in [3.05, 3.63) is 106 Å². The number of nitrogens with zero attached hydrogens (tertiary/aromatic N) is 1. The molecule has 1 amide bonds. The van der Waals surface area contributed by atoms with E-state index in [-0.39, 0.29) is 18.7 Å². The number of carbonyl (C=O) groups is 1. The highest BCUT2D eigenvalue weighted by molar-refractivity contribution is 6.30. The third kappa shape index (κ3) is 7.76. The molecule has 4 rings (SSSR count). The molecule has 0 radical (unpaired) electrons. The molecular weight excluding hydrogens is 542 g/mol. The summed E-state index contributed by atoms with van der Waals surface area (Å²) in [5.41, 5.74) is -1.60. The van der Waals surface area contributed by atoms with Crippen molar-refractivity contribution in [1.29, 1.82) is 0 Å². The van der Waals surface area contributed by atoms with Crippen LogP contribution in [-0.4, -0.2) is 36.0 Å². The fourth-order valence-electron chi connectivity index (χ4n) is 4.90. The maximum absolute atomic E-state index is 13.5. The lowest BCUT2D eigenvalue weighted by molar-refractivity contribution is -0.143. The minimum atomic E-state index is -5.03. The Morgan fingerprint density at radius 1 is 0.872 bits per heavy atom. The van der Waals surface area contributed by atoms with Crippen LogP contribution >= 0.6 is 11.6 Å². The monoisotopic (exact) mass is 568 g/mol. The molecule has 1 fully saturated rings. The van der Waals surface area contributed by atoms with Crippen LogP contribution in [0.15, 0.2) is 72.8 Å². The van der Waals surface area contributed by atoms with E-state index < -0.39 is 41.0 Å². The highest BCUT2D eigenvalue weighted by Crippen LogP contribution is 2.37. The first-order valence-corrected chi connectivity index (χ1v) is 12.9. The molecule has 39 heavy (non-hydrogen) atoms. The number of rotatable bonds is 7. The van der Waals surface area contributed by atoms with Gasteiger partial charge in [0.25, 0.3) is 5.91 Å². The van der Waals surface area contributed by atoms with Gasteiger partial charge in [0, 0.05) is 29.2 Å². The molecule has 0 saturated carbocycles. The van der Waals surface area contributed by atoms with Crippen LogP contribution in [-0.2, 0) is 25.2 Å². The van der Waals surface area contributed by atoms with Crippen molar-refractivity contribution in [3.8, 4) is 0 Å². The predicted molar refractivity (Wildman–Crippen MR) is 138 cm³/mol. The van der Waals surface area contributed by atoms with E-state index in [1.54, 1.807) is 0 Å². The average molecular weight is 569 g/mol. The minimum absolute atomic E-state index is 0.0299. The smallest absolute Gasteiger partial charge is 0.335 e. The van der Waals surface area contributed by atoms with Crippen molar-refractivity contribution in [1.82, 2.24) is 10.2 Å². The molecule has 3 aromatic rings. The second-order valence-corrected chi connectivity index (χ2v) is 10.1. The first-order valence-electron chi connectivity index (χ1n) is 12.5. The minimum Gasteiger partial charge on any atom is -0.335 e. The molecule has 0 aromatic heterocycles. The maximum Gasteiger partial charge on any atom is 0.416 e.